The third-order valence-corrected chi connectivity index (χ3v) is 7.75. The van der Waals surface area contributed by atoms with E-state index in [1.807, 2.05) is 7.11 Å². The molecule has 0 amide bonds. The molecule has 74 valence electrons. The molecule has 0 bridgehead atoms. The Bertz CT molecular complexity index is 91.7. The second-order valence-electron chi connectivity index (χ2n) is 3.33. The van der Waals surface area contributed by atoms with Crippen LogP contribution in [0.25, 0.3) is 0 Å². The first-order chi connectivity index (χ1) is 5.74. The van der Waals surface area contributed by atoms with E-state index in [1.54, 1.807) is 0 Å². The fraction of sp³-hybridized carbons (Fsp3) is 1.00. The van der Waals surface area contributed by atoms with Gasteiger partial charge in [-0.05, 0) is 18.1 Å². The molecule has 0 saturated carbocycles. The maximum absolute atomic E-state index is 5.79. The SMILES string of the molecule is CCC[Si](CCC)(CCCl)OC. The quantitative estimate of drug-likeness (QED) is 0.459. The summed E-state index contributed by atoms with van der Waals surface area (Å²) >= 11 is 5.79. The average molecular weight is 209 g/mol. The van der Waals surface area contributed by atoms with Crippen LogP contribution in [0.4, 0.5) is 0 Å². The fourth-order valence-corrected chi connectivity index (χ4v) is 6.33. The van der Waals surface area contributed by atoms with Crippen molar-refractivity contribution >= 4 is 19.9 Å². The predicted octanol–water partition coefficient (Wildman–Crippen LogP) is 3.64. The molecule has 0 aliphatic rings. The van der Waals surface area contributed by atoms with E-state index >= 15 is 0 Å². The smallest absolute Gasteiger partial charge is 0.193 e. The third-order valence-electron chi connectivity index (χ3n) is 2.39. The number of rotatable bonds is 7. The molecule has 0 N–H and O–H groups in total. The zero-order chi connectivity index (χ0) is 9.45. The second kappa shape index (κ2) is 6.93. The van der Waals surface area contributed by atoms with Gasteiger partial charge in [0.2, 0.25) is 0 Å². The van der Waals surface area contributed by atoms with Gasteiger partial charge in [0.25, 0.3) is 0 Å². The molecule has 0 aliphatic carbocycles. The summed E-state index contributed by atoms with van der Waals surface area (Å²) < 4.78 is 5.71. The Morgan fingerprint density at radius 1 is 1.08 bits per heavy atom. The molecule has 12 heavy (non-hydrogen) atoms. The zero-order valence-corrected chi connectivity index (χ0v) is 10.3. The first kappa shape index (κ1) is 12.5. The maximum atomic E-state index is 5.79. The molecule has 0 spiro atoms. The maximum Gasteiger partial charge on any atom is 0.193 e. The van der Waals surface area contributed by atoms with Gasteiger partial charge in [-0.25, -0.2) is 0 Å². The summed E-state index contributed by atoms with van der Waals surface area (Å²) in [7, 11) is 0.464. The Hall–Kier alpha value is 0.467. The van der Waals surface area contributed by atoms with Gasteiger partial charge in [-0.3, -0.25) is 0 Å². The monoisotopic (exact) mass is 208 g/mol. The Kier molecular flexibility index (Phi) is 7.20. The molecular formula is C9H21ClOSi. The van der Waals surface area contributed by atoms with E-state index in [4.69, 9.17) is 16.0 Å². The molecule has 0 atom stereocenters. The number of halogens is 1. The highest BCUT2D eigenvalue weighted by Gasteiger charge is 2.30. The van der Waals surface area contributed by atoms with Crippen LogP contribution in [0.1, 0.15) is 26.7 Å². The number of alkyl halides is 1. The third kappa shape index (κ3) is 3.92. The van der Waals surface area contributed by atoms with E-state index in [-0.39, 0.29) is 0 Å². The van der Waals surface area contributed by atoms with Gasteiger partial charge in [0.15, 0.2) is 8.32 Å². The van der Waals surface area contributed by atoms with E-state index in [2.05, 4.69) is 13.8 Å². The highest BCUT2D eigenvalue weighted by molar-refractivity contribution is 6.74. The van der Waals surface area contributed by atoms with Gasteiger partial charge < -0.3 is 4.43 Å². The van der Waals surface area contributed by atoms with Crippen molar-refractivity contribution < 1.29 is 4.43 Å². The van der Waals surface area contributed by atoms with Crippen molar-refractivity contribution in [1.82, 2.24) is 0 Å². The minimum absolute atomic E-state index is 0.764. The standard InChI is InChI=1S/C9H21ClOSi/c1-4-7-12(11-3,8-5-2)9-6-10/h4-9H2,1-3H3. The first-order valence-corrected chi connectivity index (χ1v) is 7.92. The lowest BCUT2D eigenvalue weighted by Gasteiger charge is -2.28. The average Bonchev–Trinajstić information content (AvgIpc) is 2.06. The molecule has 0 aromatic heterocycles. The lowest BCUT2D eigenvalue weighted by atomic mass is 10.6. The van der Waals surface area contributed by atoms with Gasteiger partial charge in [0.05, 0.1) is 0 Å². The highest BCUT2D eigenvalue weighted by Crippen LogP contribution is 2.25. The van der Waals surface area contributed by atoms with Crippen LogP contribution in [0.3, 0.4) is 0 Å². The molecule has 0 fully saturated rings. The van der Waals surface area contributed by atoms with Crippen LogP contribution in [0.5, 0.6) is 0 Å². The number of hydrogen-bond acceptors (Lipinski definition) is 1. The molecule has 3 heteroatoms. The summed E-state index contributed by atoms with van der Waals surface area (Å²) in [5, 5.41) is 0. The van der Waals surface area contributed by atoms with E-state index < -0.39 is 8.32 Å². The summed E-state index contributed by atoms with van der Waals surface area (Å²) in [6, 6.07) is 3.65. The predicted molar refractivity (Wildman–Crippen MR) is 58.5 cm³/mol. The van der Waals surface area contributed by atoms with Crippen LogP contribution >= 0.6 is 11.6 Å². The van der Waals surface area contributed by atoms with Crippen molar-refractivity contribution in [3.63, 3.8) is 0 Å². The van der Waals surface area contributed by atoms with Crippen molar-refractivity contribution in [3.05, 3.63) is 0 Å². The van der Waals surface area contributed by atoms with E-state index in [0.29, 0.717) is 0 Å². The Morgan fingerprint density at radius 3 is 1.83 bits per heavy atom. The largest absolute Gasteiger partial charge is 0.420 e. The Morgan fingerprint density at radius 2 is 1.58 bits per heavy atom. The van der Waals surface area contributed by atoms with Crippen molar-refractivity contribution in [1.29, 1.82) is 0 Å². The van der Waals surface area contributed by atoms with Gasteiger partial charge in [-0.15, -0.1) is 11.6 Å². The Balaban J connectivity index is 4.06. The topological polar surface area (TPSA) is 9.23 Å². The van der Waals surface area contributed by atoms with Crippen LogP contribution in [0.2, 0.25) is 18.1 Å². The normalized spacial score (nSPS) is 12.0. The Labute approximate surface area is 82.6 Å². The lowest BCUT2D eigenvalue weighted by molar-refractivity contribution is 0.388. The molecule has 0 aromatic rings. The zero-order valence-electron chi connectivity index (χ0n) is 8.53. The van der Waals surface area contributed by atoms with E-state index in [0.717, 1.165) is 11.9 Å². The first-order valence-electron chi connectivity index (χ1n) is 4.85. The number of hydrogen-bond donors (Lipinski definition) is 0. The second-order valence-corrected chi connectivity index (χ2v) is 7.98. The molecule has 0 rings (SSSR count). The van der Waals surface area contributed by atoms with Crippen LogP contribution in [-0.4, -0.2) is 21.3 Å². The van der Waals surface area contributed by atoms with Crippen molar-refractivity contribution in [2.45, 2.75) is 44.8 Å². The van der Waals surface area contributed by atoms with Crippen LogP contribution in [0, 0.1) is 0 Å². The molecule has 0 heterocycles. The molecule has 0 saturated heterocycles. The fourth-order valence-electron chi connectivity index (χ4n) is 1.76. The highest BCUT2D eigenvalue weighted by atomic mass is 35.5. The summed E-state index contributed by atoms with van der Waals surface area (Å²) in [4.78, 5) is 0. The molecule has 0 aromatic carbocycles. The molecule has 0 aliphatic heterocycles. The minimum atomic E-state index is -1.40. The minimum Gasteiger partial charge on any atom is -0.420 e. The molecule has 1 nitrogen and oxygen atoms in total. The van der Waals surface area contributed by atoms with Crippen molar-refractivity contribution in [2.24, 2.45) is 0 Å². The van der Waals surface area contributed by atoms with Gasteiger partial charge >= 0.3 is 0 Å². The van der Waals surface area contributed by atoms with Gasteiger partial charge in [0.1, 0.15) is 0 Å². The van der Waals surface area contributed by atoms with Gasteiger partial charge in [0, 0.05) is 13.0 Å². The molecule has 0 unspecified atom stereocenters. The van der Waals surface area contributed by atoms with E-state index in [1.165, 1.54) is 24.9 Å². The molecular weight excluding hydrogens is 188 g/mol. The van der Waals surface area contributed by atoms with Crippen molar-refractivity contribution in [2.75, 3.05) is 13.0 Å². The van der Waals surface area contributed by atoms with Crippen molar-refractivity contribution in [3.8, 4) is 0 Å². The summed E-state index contributed by atoms with van der Waals surface area (Å²) in [5.74, 6) is 0.764. The lowest BCUT2D eigenvalue weighted by Crippen LogP contribution is -2.36. The van der Waals surface area contributed by atoms with Gasteiger partial charge in [-0.2, -0.15) is 0 Å². The van der Waals surface area contributed by atoms with Crippen LogP contribution in [-0.2, 0) is 4.43 Å². The summed E-state index contributed by atoms with van der Waals surface area (Å²) in [6.07, 6.45) is 2.47. The molecule has 0 radical (unpaired) electrons. The van der Waals surface area contributed by atoms with E-state index in [9.17, 15) is 0 Å². The van der Waals surface area contributed by atoms with Gasteiger partial charge in [-0.1, -0.05) is 26.7 Å². The summed E-state index contributed by atoms with van der Waals surface area (Å²) in [5.41, 5.74) is 0. The summed E-state index contributed by atoms with van der Waals surface area (Å²) in [6.45, 7) is 4.45. The van der Waals surface area contributed by atoms with Crippen LogP contribution in [0.15, 0.2) is 0 Å². The van der Waals surface area contributed by atoms with Crippen LogP contribution < -0.4 is 0 Å².